The molecule has 2 heterocycles. The molecule has 1 aromatic carbocycles. The molecule has 146 valence electrons. The lowest BCUT2D eigenvalue weighted by atomic mass is 9.87. The van der Waals surface area contributed by atoms with Gasteiger partial charge in [-0.05, 0) is 62.9 Å². The van der Waals surface area contributed by atoms with E-state index in [-0.39, 0.29) is 16.9 Å². The fourth-order valence-electron chi connectivity index (χ4n) is 4.07. The summed E-state index contributed by atoms with van der Waals surface area (Å²) in [6.07, 6.45) is -2.78. The van der Waals surface area contributed by atoms with E-state index in [2.05, 4.69) is 4.90 Å². The molecule has 0 N–H and O–H groups in total. The lowest BCUT2D eigenvalue weighted by Gasteiger charge is -2.32. The third-order valence-electron chi connectivity index (χ3n) is 5.17. The number of hydrogen-bond donors (Lipinski definition) is 0. The van der Waals surface area contributed by atoms with Crippen LogP contribution in [0.2, 0.25) is 0 Å². The first kappa shape index (κ1) is 19.5. The maximum Gasteiger partial charge on any atom is 0.416 e. The lowest BCUT2D eigenvalue weighted by Crippen LogP contribution is -2.43. The van der Waals surface area contributed by atoms with Gasteiger partial charge in [0.25, 0.3) is 0 Å². The number of alkyl halides is 3. The normalized spacial score (nSPS) is 26.5. The van der Waals surface area contributed by atoms with Gasteiger partial charge in [0.2, 0.25) is 0 Å². The van der Waals surface area contributed by atoms with Crippen molar-refractivity contribution in [3.63, 3.8) is 0 Å². The number of sulfone groups is 1. The third-order valence-corrected chi connectivity index (χ3v) is 7.05. The molecule has 8 heteroatoms. The van der Waals surface area contributed by atoms with Crippen molar-refractivity contribution in [2.24, 2.45) is 5.41 Å². The maximum atomic E-state index is 12.6. The summed E-state index contributed by atoms with van der Waals surface area (Å²) in [7, 11) is -2.92. The molecule has 2 saturated heterocycles. The summed E-state index contributed by atoms with van der Waals surface area (Å²) < 4.78 is 67.4. The molecular formula is C18H24F3NO3S. The number of rotatable bonds is 4. The van der Waals surface area contributed by atoms with Gasteiger partial charge in [-0.15, -0.1) is 0 Å². The average Bonchev–Trinajstić information content (AvgIpc) is 3.00. The molecule has 0 saturated carbocycles. The Morgan fingerprint density at radius 1 is 1.15 bits per heavy atom. The molecule has 2 aliphatic heterocycles. The molecule has 0 radical (unpaired) electrons. The highest BCUT2D eigenvalue weighted by Gasteiger charge is 2.47. The first-order valence-electron chi connectivity index (χ1n) is 8.67. The fraction of sp³-hybridized carbons (Fsp3) is 0.667. The van der Waals surface area contributed by atoms with Crippen LogP contribution in [0.25, 0.3) is 0 Å². The Bertz CT molecular complexity index is 759. The fourth-order valence-corrected chi connectivity index (χ4v) is 6.27. The van der Waals surface area contributed by atoms with E-state index < -0.39 is 27.2 Å². The number of nitrogens with zero attached hydrogens (tertiary/aromatic N) is 1. The summed E-state index contributed by atoms with van der Waals surface area (Å²) in [6.45, 7) is 5.92. The van der Waals surface area contributed by atoms with E-state index in [0.29, 0.717) is 18.7 Å². The summed E-state index contributed by atoms with van der Waals surface area (Å²) in [5.41, 5.74) is -1.43. The van der Waals surface area contributed by atoms with E-state index in [1.807, 2.05) is 13.8 Å². The van der Waals surface area contributed by atoms with Gasteiger partial charge in [0.15, 0.2) is 9.84 Å². The predicted molar refractivity (Wildman–Crippen MR) is 92.9 cm³/mol. The van der Waals surface area contributed by atoms with E-state index in [4.69, 9.17) is 4.74 Å². The van der Waals surface area contributed by atoms with Crippen LogP contribution < -0.4 is 4.74 Å². The smallest absolute Gasteiger partial charge is 0.416 e. The van der Waals surface area contributed by atoms with Crippen LogP contribution in [0.3, 0.4) is 0 Å². The SMILES string of the molecule is CC(C)(CN1CCC2(CCS(=O)(=O)C2)C1)Oc1ccc(C(F)(F)F)cc1. The standard InChI is InChI=1S/C18H24F3NO3S/c1-16(2,25-15-5-3-14(4-6-15)18(19,20)21)11-22-9-7-17(12-22)8-10-26(23,24)13-17/h3-6H,7-13H2,1-2H3. The van der Waals surface area contributed by atoms with Crippen molar-refractivity contribution >= 4 is 9.84 Å². The number of halogens is 3. The van der Waals surface area contributed by atoms with Crippen LogP contribution in [-0.4, -0.2) is 50.1 Å². The first-order valence-corrected chi connectivity index (χ1v) is 10.5. The van der Waals surface area contributed by atoms with Crippen molar-refractivity contribution in [2.45, 2.75) is 38.5 Å². The third kappa shape index (κ3) is 4.52. The maximum absolute atomic E-state index is 12.6. The minimum atomic E-state index is -4.36. The second kappa shape index (κ2) is 6.41. The van der Waals surface area contributed by atoms with E-state index in [1.165, 1.54) is 12.1 Å². The molecule has 1 atom stereocenters. The molecule has 3 rings (SSSR count). The zero-order valence-electron chi connectivity index (χ0n) is 15.0. The molecule has 0 aromatic heterocycles. The number of benzene rings is 1. The van der Waals surface area contributed by atoms with E-state index in [1.54, 1.807) is 0 Å². The van der Waals surface area contributed by atoms with Crippen LogP contribution in [0.1, 0.15) is 32.3 Å². The predicted octanol–water partition coefficient (Wildman–Crippen LogP) is 3.37. The average molecular weight is 391 g/mol. The zero-order chi connectivity index (χ0) is 19.2. The zero-order valence-corrected chi connectivity index (χ0v) is 15.8. The van der Waals surface area contributed by atoms with E-state index >= 15 is 0 Å². The van der Waals surface area contributed by atoms with E-state index in [9.17, 15) is 21.6 Å². The summed E-state index contributed by atoms with van der Waals surface area (Å²) in [5.74, 6) is 0.920. The van der Waals surface area contributed by atoms with Gasteiger partial charge < -0.3 is 4.74 Å². The highest BCUT2D eigenvalue weighted by molar-refractivity contribution is 7.91. The Morgan fingerprint density at radius 3 is 2.35 bits per heavy atom. The van der Waals surface area contributed by atoms with Crippen molar-refractivity contribution < 1.29 is 26.3 Å². The Kier molecular flexibility index (Phi) is 4.80. The topological polar surface area (TPSA) is 46.6 Å². The van der Waals surface area contributed by atoms with Crippen LogP contribution >= 0.6 is 0 Å². The molecule has 0 aliphatic carbocycles. The van der Waals surface area contributed by atoms with Gasteiger partial charge in [0.05, 0.1) is 17.1 Å². The highest BCUT2D eigenvalue weighted by atomic mass is 32.2. The summed E-state index contributed by atoms with van der Waals surface area (Å²) >= 11 is 0. The molecule has 4 nitrogen and oxygen atoms in total. The van der Waals surface area contributed by atoms with Gasteiger partial charge in [-0.25, -0.2) is 8.42 Å². The van der Waals surface area contributed by atoms with Gasteiger partial charge >= 0.3 is 6.18 Å². The Hall–Kier alpha value is -1.28. The monoisotopic (exact) mass is 391 g/mol. The second-order valence-electron chi connectivity index (χ2n) is 8.19. The Labute approximate surface area is 152 Å². The van der Waals surface area contributed by atoms with Gasteiger partial charge in [-0.3, -0.25) is 4.90 Å². The van der Waals surface area contributed by atoms with Crippen molar-refractivity contribution in [3.8, 4) is 5.75 Å². The second-order valence-corrected chi connectivity index (χ2v) is 10.4. The molecule has 2 aliphatic rings. The Morgan fingerprint density at radius 2 is 1.81 bits per heavy atom. The molecule has 0 amide bonds. The molecule has 1 spiro atoms. The van der Waals surface area contributed by atoms with Crippen LogP contribution in [-0.2, 0) is 16.0 Å². The molecule has 0 bridgehead atoms. The molecule has 2 fully saturated rings. The summed E-state index contributed by atoms with van der Waals surface area (Å²) in [4.78, 5) is 2.20. The molecule has 26 heavy (non-hydrogen) atoms. The Balaban J connectivity index is 1.59. The largest absolute Gasteiger partial charge is 0.487 e. The summed E-state index contributed by atoms with van der Waals surface area (Å²) in [5, 5.41) is 0. The molecule has 1 aromatic rings. The van der Waals surface area contributed by atoms with Gasteiger partial charge in [0, 0.05) is 13.1 Å². The van der Waals surface area contributed by atoms with Crippen molar-refractivity contribution in [1.82, 2.24) is 4.90 Å². The van der Waals surface area contributed by atoms with Crippen LogP contribution in [0.5, 0.6) is 5.75 Å². The van der Waals surface area contributed by atoms with Crippen LogP contribution in [0, 0.1) is 5.41 Å². The van der Waals surface area contributed by atoms with Crippen LogP contribution in [0.4, 0.5) is 13.2 Å². The van der Waals surface area contributed by atoms with Crippen molar-refractivity contribution in [1.29, 1.82) is 0 Å². The van der Waals surface area contributed by atoms with Gasteiger partial charge in [0.1, 0.15) is 11.4 Å². The number of hydrogen-bond acceptors (Lipinski definition) is 4. The minimum Gasteiger partial charge on any atom is -0.487 e. The van der Waals surface area contributed by atoms with Crippen molar-refractivity contribution in [2.75, 3.05) is 31.1 Å². The molecular weight excluding hydrogens is 367 g/mol. The molecule has 1 unspecified atom stereocenters. The van der Waals surface area contributed by atoms with Crippen LogP contribution in [0.15, 0.2) is 24.3 Å². The first-order chi connectivity index (χ1) is 11.9. The van der Waals surface area contributed by atoms with E-state index in [0.717, 1.165) is 31.6 Å². The highest BCUT2D eigenvalue weighted by Crippen LogP contribution is 2.41. The number of likely N-dealkylation sites (tertiary alicyclic amines) is 1. The van der Waals surface area contributed by atoms with Crippen molar-refractivity contribution in [3.05, 3.63) is 29.8 Å². The lowest BCUT2D eigenvalue weighted by molar-refractivity contribution is -0.137. The van der Waals surface area contributed by atoms with Gasteiger partial charge in [-0.1, -0.05) is 0 Å². The summed E-state index contributed by atoms with van der Waals surface area (Å²) in [6, 6.07) is 4.69. The van der Waals surface area contributed by atoms with Gasteiger partial charge in [-0.2, -0.15) is 13.2 Å². The quantitative estimate of drug-likeness (QED) is 0.790. The minimum absolute atomic E-state index is 0.136. The number of ether oxygens (including phenoxy) is 1.